The molecule has 92 valence electrons. The summed E-state index contributed by atoms with van der Waals surface area (Å²) in [5.74, 6) is -0.0843. The highest BCUT2D eigenvalue weighted by Crippen LogP contribution is 1.91. The third kappa shape index (κ3) is 8.21. The Morgan fingerprint density at radius 1 is 1.44 bits per heavy atom. The molecule has 0 bridgehead atoms. The fourth-order valence-corrected chi connectivity index (χ4v) is 1.19. The molecule has 1 unspecified atom stereocenters. The molecule has 0 aromatic rings. The lowest BCUT2D eigenvalue weighted by atomic mass is 10.2. The summed E-state index contributed by atoms with van der Waals surface area (Å²) in [6.07, 6.45) is 0.210. The standard InChI is InChI=1S/C11H22N4O/c1-9(2)14-11(16)7-10(8-12)13-5-6-15(3)4/h9-10,13H,5-7H2,1-4H3,(H,14,16). The quantitative estimate of drug-likeness (QED) is 0.638. The fourth-order valence-electron chi connectivity index (χ4n) is 1.19. The van der Waals surface area contributed by atoms with Crippen molar-refractivity contribution in [3.63, 3.8) is 0 Å². The van der Waals surface area contributed by atoms with Crippen LogP contribution in [0.5, 0.6) is 0 Å². The van der Waals surface area contributed by atoms with Crippen molar-refractivity contribution in [1.82, 2.24) is 15.5 Å². The summed E-state index contributed by atoms with van der Waals surface area (Å²) in [5.41, 5.74) is 0. The summed E-state index contributed by atoms with van der Waals surface area (Å²) < 4.78 is 0. The lowest BCUT2D eigenvalue weighted by molar-refractivity contribution is -0.121. The first-order valence-electron chi connectivity index (χ1n) is 5.52. The molecule has 16 heavy (non-hydrogen) atoms. The molecule has 0 saturated carbocycles. The number of rotatable bonds is 7. The van der Waals surface area contributed by atoms with Gasteiger partial charge in [-0.05, 0) is 27.9 Å². The van der Waals surface area contributed by atoms with Gasteiger partial charge in [-0.25, -0.2) is 0 Å². The number of nitrogens with one attached hydrogen (secondary N) is 2. The molecule has 5 nitrogen and oxygen atoms in total. The Balaban J connectivity index is 3.83. The van der Waals surface area contributed by atoms with Gasteiger partial charge in [0, 0.05) is 19.1 Å². The number of carbonyl (C=O) groups is 1. The van der Waals surface area contributed by atoms with E-state index >= 15 is 0 Å². The minimum Gasteiger partial charge on any atom is -0.354 e. The van der Waals surface area contributed by atoms with Gasteiger partial charge in [-0.1, -0.05) is 0 Å². The second-order valence-electron chi connectivity index (χ2n) is 4.37. The maximum Gasteiger partial charge on any atom is 0.222 e. The predicted octanol–water partition coefficient (Wildman–Crippen LogP) is -0.0555. The molecule has 0 radical (unpaired) electrons. The Labute approximate surface area is 97.8 Å². The van der Waals surface area contributed by atoms with E-state index in [-0.39, 0.29) is 18.4 Å². The van der Waals surface area contributed by atoms with E-state index in [0.29, 0.717) is 6.54 Å². The topological polar surface area (TPSA) is 68.2 Å². The van der Waals surface area contributed by atoms with Crippen molar-refractivity contribution >= 4 is 5.91 Å². The van der Waals surface area contributed by atoms with Crippen LogP contribution in [0.1, 0.15) is 20.3 Å². The summed E-state index contributed by atoms with van der Waals surface area (Å²) in [7, 11) is 3.93. The zero-order valence-electron chi connectivity index (χ0n) is 10.6. The summed E-state index contributed by atoms with van der Waals surface area (Å²) in [6, 6.07) is 1.80. The van der Waals surface area contributed by atoms with Gasteiger partial charge in [0.2, 0.25) is 5.91 Å². The molecule has 1 atom stereocenters. The first-order chi connectivity index (χ1) is 7.45. The maximum absolute atomic E-state index is 11.4. The van der Waals surface area contributed by atoms with Gasteiger partial charge in [-0.15, -0.1) is 0 Å². The first kappa shape index (κ1) is 14.9. The second kappa shape index (κ2) is 8.08. The molecular weight excluding hydrogens is 204 g/mol. The molecule has 0 aliphatic rings. The highest BCUT2D eigenvalue weighted by Gasteiger charge is 2.12. The Hall–Kier alpha value is -1.12. The van der Waals surface area contributed by atoms with Crippen LogP contribution in [0.4, 0.5) is 0 Å². The monoisotopic (exact) mass is 226 g/mol. The zero-order chi connectivity index (χ0) is 12.6. The largest absolute Gasteiger partial charge is 0.354 e. The van der Waals surface area contributed by atoms with Gasteiger partial charge in [-0.3, -0.25) is 4.79 Å². The third-order valence-corrected chi connectivity index (χ3v) is 1.94. The molecule has 0 aromatic carbocycles. The van der Waals surface area contributed by atoms with E-state index < -0.39 is 6.04 Å². The van der Waals surface area contributed by atoms with Crippen LogP contribution in [-0.4, -0.2) is 50.1 Å². The summed E-state index contributed by atoms with van der Waals surface area (Å²) in [4.78, 5) is 13.4. The molecule has 0 rings (SSSR count). The van der Waals surface area contributed by atoms with Crippen molar-refractivity contribution < 1.29 is 4.79 Å². The molecule has 0 fully saturated rings. The van der Waals surface area contributed by atoms with Gasteiger partial charge < -0.3 is 15.5 Å². The van der Waals surface area contributed by atoms with E-state index in [2.05, 4.69) is 16.7 Å². The highest BCUT2D eigenvalue weighted by molar-refractivity contribution is 5.77. The van der Waals surface area contributed by atoms with Gasteiger partial charge >= 0.3 is 0 Å². The minimum atomic E-state index is -0.404. The molecule has 0 aromatic heterocycles. The van der Waals surface area contributed by atoms with Gasteiger partial charge in [0.05, 0.1) is 12.5 Å². The van der Waals surface area contributed by atoms with Crippen LogP contribution in [0.3, 0.4) is 0 Å². The third-order valence-electron chi connectivity index (χ3n) is 1.94. The lowest BCUT2D eigenvalue weighted by Gasteiger charge is -2.15. The van der Waals surface area contributed by atoms with Gasteiger partial charge in [0.15, 0.2) is 0 Å². The number of likely N-dealkylation sites (N-methyl/N-ethyl adjacent to an activating group) is 1. The highest BCUT2D eigenvalue weighted by atomic mass is 16.1. The van der Waals surface area contributed by atoms with Crippen LogP contribution in [0.25, 0.3) is 0 Å². The number of hydrogen-bond acceptors (Lipinski definition) is 4. The van der Waals surface area contributed by atoms with E-state index in [9.17, 15) is 4.79 Å². The summed E-state index contributed by atoms with van der Waals surface area (Å²) in [6.45, 7) is 5.36. The van der Waals surface area contributed by atoms with Crippen molar-refractivity contribution in [2.45, 2.75) is 32.4 Å². The van der Waals surface area contributed by atoms with E-state index in [1.807, 2.05) is 32.8 Å². The normalized spacial score (nSPS) is 12.6. The van der Waals surface area contributed by atoms with Crippen molar-refractivity contribution in [2.24, 2.45) is 0 Å². The summed E-state index contributed by atoms with van der Waals surface area (Å²) >= 11 is 0. The van der Waals surface area contributed by atoms with Gasteiger partial charge in [0.25, 0.3) is 0 Å². The number of nitrogens with zero attached hydrogens (tertiary/aromatic N) is 2. The van der Waals surface area contributed by atoms with Crippen LogP contribution < -0.4 is 10.6 Å². The van der Waals surface area contributed by atoms with Crippen molar-refractivity contribution in [1.29, 1.82) is 5.26 Å². The van der Waals surface area contributed by atoms with Crippen molar-refractivity contribution in [3.8, 4) is 6.07 Å². The number of amides is 1. The molecular formula is C11H22N4O. The van der Waals surface area contributed by atoms with Crippen molar-refractivity contribution in [2.75, 3.05) is 27.2 Å². The molecule has 0 aliphatic heterocycles. The molecule has 0 spiro atoms. The number of carbonyl (C=O) groups excluding carboxylic acids is 1. The molecule has 5 heteroatoms. The lowest BCUT2D eigenvalue weighted by Crippen LogP contribution is -2.39. The first-order valence-corrected chi connectivity index (χ1v) is 5.52. The van der Waals surface area contributed by atoms with Crippen LogP contribution >= 0.6 is 0 Å². The Morgan fingerprint density at radius 2 is 2.06 bits per heavy atom. The van der Waals surface area contributed by atoms with E-state index in [1.54, 1.807) is 0 Å². The molecule has 0 heterocycles. The van der Waals surface area contributed by atoms with E-state index in [4.69, 9.17) is 5.26 Å². The Morgan fingerprint density at radius 3 is 2.50 bits per heavy atom. The Bertz CT molecular complexity index is 245. The molecule has 0 aliphatic carbocycles. The van der Waals surface area contributed by atoms with Crippen LogP contribution in [0, 0.1) is 11.3 Å². The van der Waals surface area contributed by atoms with E-state index in [1.165, 1.54) is 0 Å². The zero-order valence-corrected chi connectivity index (χ0v) is 10.6. The number of nitriles is 1. The average Bonchev–Trinajstić information content (AvgIpc) is 2.14. The van der Waals surface area contributed by atoms with Crippen LogP contribution in [0.15, 0.2) is 0 Å². The van der Waals surface area contributed by atoms with Gasteiger partial charge in [0.1, 0.15) is 6.04 Å². The number of hydrogen-bond donors (Lipinski definition) is 2. The second-order valence-corrected chi connectivity index (χ2v) is 4.37. The molecule has 2 N–H and O–H groups in total. The smallest absolute Gasteiger partial charge is 0.222 e. The van der Waals surface area contributed by atoms with E-state index in [0.717, 1.165) is 6.54 Å². The van der Waals surface area contributed by atoms with Crippen LogP contribution in [0.2, 0.25) is 0 Å². The fraction of sp³-hybridized carbons (Fsp3) is 0.818. The Kier molecular flexibility index (Phi) is 7.52. The van der Waals surface area contributed by atoms with Crippen molar-refractivity contribution in [3.05, 3.63) is 0 Å². The summed E-state index contributed by atoms with van der Waals surface area (Å²) in [5, 5.41) is 14.7. The molecule has 0 saturated heterocycles. The van der Waals surface area contributed by atoms with Gasteiger partial charge in [-0.2, -0.15) is 5.26 Å². The maximum atomic E-state index is 11.4. The molecule has 1 amide bonds. The SMILES string of the molecule is CC(C)NC(=O)CC(C#N)NCCN(C)C. The minimum absolute atomic E-state index is 0.0843. The average molecular weight is 226 g/mol. The van der Waals surface area contributed by atoms with Crippen LogP contribution in [-0.2, 0) is 4.79 Å². The predicted molar refractivity (Wildman–Crippen MR) is 63.9 cm³/mol.